The smallest absolute Gasteiger partial charge is 0.346 e. The number of aliphatic hydroxyl groups is 1. The number of carbonyl (C=O) groups is 1. The van der Waals surface area contributed by atoms with Crippen LogP contribution in [0, 0.1) is 22.9 Å². The van der Waals surface area contributed by atoms with Crippen molar-refractivity contribution in [3.63, 3.8) is 0 Å². The van der Waals surface area contributed by atoms with E-state index in [1.54, 1.807) is 0 Å². The van der Waals surface area contributed by atoms with Gasteiger partial charge in [0.1, 0.15) is 5.52 Å². The fourth-order valence-electron chi connectivity index (χ4n) is 4.27. The largest absolute Gasteiger partial charge is 0.805 e. The van der Waals surface area contributed by atoms with Crippen molar-refractivity contribution in [1.82, 2.24) is 14.9 Å². The number of likely N-dealkylation sites (N-methyl/N-ethyl adjacent to an activating group) is 1. The van der Waals surface area contributed by atoms with Crippen molar-refractivity contribution in [2.24, 2.45) is 0 Å². The number of amides is 1. The summed E-state index contributed by atoms with van der Waals surface area (Å²) in [5.41, 5.74) is 0.370. The number of benzene rings is 2. The number of nitrogens with zero attached hydrogens (tertiary/aromatic N) is 4. The Morgan fingerprint density at radius 3 is 2.53 bits per heavy atom. The number of anilines is 1. The lowest BCUT2D eigenvalue weighted by Crippen LogP contribution is -2.45. The molecule has 0 bridgehead atoms. The fraction of sp³-hybridized carbons (Fsp3) is 0.375. The topological polar surface area (TPSA) is 107 Å². The molecule has 9 nitrogen and oxygen atoms in total. The maximum absolute atomic E-state index is 15.0. The van der Waals surface area contributed by atoms with Crippen molar-refractivity contribution in [2.75, 3.05) is 44.7 Å². The zero-order valence-corrected chi connectivity index (χ0v) is 19.2. The van der Waals surface area contributed by atoms with E-state index in [2.05, 4.69) is 10.2 Å². The SMILES string of the molecule is Cc1c(C(=O)NC(CO)Cc2ccccc2)[n+](=O)c2cc(F)c(N3CCN(C)CC3)cc2n1[O-]. The van der Waals surface area contributed by atoms with Crippen LogP contribution >= 0.6 is 0 Å². The lowest BCUT2D eigenvalue weighted by Gasteiger charge is -2.34. The van der Waals surface area contributed by atoms with E-state index in [4.69, 9.17) is 0 Å². The van der Waals surface area contributed by atoms with Gasteiger partial charge in [0.2, 0.25) is 0 Å². The molecule has 2 heterocycles. The minimum Gasteiger partial charge on any atom is -0.805 e. The van der Waals surface area contributed by atoms with Crippen molar-refractivity contribution in [3.8, 4) is 0 Å². The second-order valence-electron chi connectivity index (χ2n) is 8.65. The molecule has 34 heavy (non-hydrogen) atoms. The summed E-state index contributed by atoms with van der Waals surface area (Å²) >= 11 is 0. The molecular weight excluding hydrogens is 441 g/mol. The number of fused-ring (bicyclic) bond motifs is 1. The molecule has 2 N–H and O–H groups in total. The molecule has 0 saturated carbocycles. The van der Waals surface area contributed by atoms with Gasteiger partial charge in [-0.1, -0.05) is 30.3 Å². The van der Waals surface area contributed by atoms with Crippen LogP contribution < -0.4 is 14.6 Å². The van der Waals surface area contributed by atoms with Gasteiger partial charge in [0, 0.05) is 31.1 Å². The summed E-state index contributed by atoms with van der Waals surface area (Å²) in [7, 11) is 1.98. The third kappa shape index (κ3) is 4.59. The zero-order chi connectivity index (χ0) is 24.4. The number of aromatic nitrogens is 2. The van der Waals surface area contributed by atoms with Crippen LogP contribution in [0.5, 0.6) is 0 Å². The van der Waals surface area contributed by atoms with Gasteiger partial charge in [-0.15, -0.1) is 0 Å². The predicted octanol–water partition coefficient (Wildman–Crippen LogP) is 1.43. The Hall–Kier alpha value is -3.50. The summed E-state index contributed by atoms with van der Waals surface area (Å²) in [6, 6.07) is 11.0. The van der Waals surface area contributed by atoms with Crippen molar-refractivity contribution >= 4 is 22.6 Å². The minimum atomic E-state index is -0.808. The van der Waals surface area contributed by atoms with Gasteiger partial charge in [-0.25, -0.2) is 4.39 Å². The Morgan fingerprint density at radius 2 is 1.88 bits per heavy atom. The minimum absolute atomic E-state index is 0.0117. The van der Waals surface area contributed by atoms with E-state index in [-0.39, 0.29) is 29.0 Å². The number of aliphatic hydroxyl groups excluding tert-OH is 1. The van der Waals surface area contributed by atoms with E-state index in [1.807, 2.05) is 42.3 Å². The Bertz CT molecular complexity index is 1260. The van der Waals surface area contributed by atoms with Gasteiger partial charge in [0.05, 0.1) is 34.5 Å². The van der Waals surface area contributed by atoms with Crippen LogP contribution in [0.2, 0.25) is 0 Å². The van der Waals surface area contributed by atoms with Gasteiger partial charge < -0.3 is 30.2 Å². The molecule has 1 unspecified atom stereocenters. The van der Waals surface area contributed by atoms with Crippen LogP contribution in [0.1, 0.15) is 21.7 Å². The molecule has 1 aromatic heterocycles. The average Bonchev–Trinajstić information content (AvgIpc) is 2.83. The highest BCUT2D eigenvalue weighted by Gasteiger charge is 2.30. The first kappa shape index (κ1) is 23.7. The second kappa shape index (κ2) is 9.78. The first-order valence-electron chi connectivity index (χ1n) is 11.2. The summed E-state index contributed by atoms with van der Waals surface area (Å²) in [5.74, 6) is -1.44. The van der Waals surface area contributed by atoms with E-state index in [0.29, 0.717) is 28.7 Å². The van der Waals surface area contributed by atoms with E-state index in [9.17, 15) is 20.0 Å². The van der Waals surface area contributed by atoms with Crippen molar-refractivity contribution in [1.29, 1.82) is 0 Å². The zero-order valence-electron chi connectivity index (χ0n) is 19.2. The van der Waals surface area contributed by atoms with Crippen LogP contribution in [0.15, 0.2) is 42.5 Å². The molecule has 1 aliphatic rings. The first-order valence-corrected chi connectivity index (χ1v) is 11.2. The summed E-state index contributed by atoms with van der Waals surface area (Å²) in [4.78, 5) is 30.0. The molecule has 1 aliphatic heterocycles. The fourth-order valence-corrected chi connectivity index (χ4v) is 4.27. The molecule has 1 fully saturated rings. The first-order chi connectivity index (χ1) is 16.3. The van der Waals surface area contributed by atoms with Crippen LogP contribution in [-0.2, 0) is 6.42 Å². The number of piperazine rings is 1. The van der Waals surface area contributed by atoms with Gasteiger partial charge in [0.25, 0.3) is 5.52 Å². The normalized spacial score (nSPS) is 15.5. The molecular formula is C24H28FN5O4. The number of hydrogen-bond donors (Lipinski definition) is 2. The molecule has 0 aliphatic carbocycles. The van der Waals surface area contributed by atoms with Gasteiger partial charge in [0.15, 0.2) is 5.82 Å². The molecule has 1 amide bonds. The van der Waals surface area contributed by atoms with Crippen molar-refractivity contribution in [3.05, 3.63) is 75.3 Å². The van der Waals surface area contributed by atoms with Gasteiger partial charge >= 0.3 is 11.6 Å². The molecule has 1 saturated heterocycles. The third-order valence-electron chi connectivity index (χ3n) is 6.27. The number of carbonyl (C=O) groups excluding carboxylic acids is 1. The highest BCUT2D eigenvalue weighted by molar-refractivity contribution is 5.93. The Balaban J connectivity index is 1.67. The third-order valence-corrected chi connectivity index (χ3v) is 6.27. The van der Waals surface area contributed by atoms with Crippen molar-refractivity contribution < 1.29 is 18.7 Å². The predicted molar refractivity (Wildman–Crippen MR) is 127 cm³/mol. The number of nitrogens with one attached hydrogen (secondary N) is 1. The Labute approximate surface area is 196 Å². The van der Waals surface area contributed by atoms with Crippen LogP contribution in [0.3, 0.4) is 0 Å². The van der Waals surface area contributed by atoms with Crippen LogP contribution in [0.4, 0.5) is 10.1 Å². The molecule has 10 heteroatoms. The number of halogens is 1. The highest BCUT2D eigenvalue weighted by atomic mass is 19.1. The van der Waals surface area contributed by atoms with E-state index in [1.165, 1.54) is 13.0 Å². The quantitative estimate of drug-likeness (QED) is 0.529. The maximum Gasteiger partial charge on any atom is 0.346 e. The molecule has 180 valence electrons. The maximum atomic E-state index is 15.0. The lowest BCUT2D eigenvalue weighted by molar-refractivity contribution is -0.468. The molecule has 2 aromatic carbocycles. The second-order valence-corrected chi connectivity index (χ2v) is 8.65. The molecule has 1 atom stereocenters. The number of hydrogen-bond acceptors (Lipinski definition) is 6. The number of rotatable bonds is 6. The monoisotopic (exact) mass is 469 g/mol. The summed E-state index contributed by atoms with van der Waals surface area (Å²) in [5, 5.41) is 25.4. The van der Waals surface area contributed by atoms with Gasteiger partial charge in [-0.2, -0.15) is 0 Å². The summed E-state index contributed by atoms with van der Waals surface area (Å²) in [6.45, 7) is 3.72. The highest BCUT2D eigenvalue weighted by Crippen LogP contribution is 2.26. The van der Waals surface area contributed by atoms with Gasteiger partial charge in [-0.3, -0.25) is 4.79 Å². The Kier molecular flexibility index (Phi) is 6.80. The molecule has 0 spiro atoms. The summed E-state index contributed by atoms with van der Waals surface area (Å²) in [6.07, 6.45) is 0.342. The lowest BCUT2D eigenvalue weighted by atomic mass is 10.1. The molecule has 3 aromatic rings. The van der Waals surface area contributed by atoms with Crippen LogP contribution in [0.25, 0.3) is 11.0 Å². The average molecular weight is 470 g/mol. The molecule has 0 radical (unpaired) electrons. The Morgan fingerprint density at radius 1 is 1.21 bits per heavy atom. The van der Waals surface area contributed by atoms with Gasteiger partial charge in [-0.05, 0) is 32.0 Å². The standard InChI is InChI=1S/C24H28FN5O4/c1-16-23(24(32)26-18(15-31)12-17-6-4-3-5-7-17)30(34)21-13-19(25)20(14-22(21)29(16)33)28-10-8-27(2)9-11-28/h3-7,13-14,18,31H,8-12,15H2,1-2H3,(H,26,32). The summed E-state index contributed by atoms with van der Waals surface area (Å²) < 4.78 is 15.8. The van der Waals surface area contributed by atoms with Crippen LogP contribution in [-0.4, -0.2) is 66.5 Å². The van der Waals surface area contributed by atoms with E-state index < -0.39 is 23.5 Å². The van der Waals surface area contributed by atoms with E-state index in [0.717, 1.165) is 24.7 Å². The van der Waals surface area contributed by atoms with E-state index >= 15 is 4.39 Å². The molecule has 4 rings (SSSR count). The van der Waals surface area contributed by atoms with Crippen molar-refractivity contribution in [2.45, 2.75) is 19.4 Å².